The first-order valence-corrected chi connectivity index (χ1v) is 7.37. The molecule has 0 aromatic heterocycles. The predicted octanol–water partition coefficient (Wildman–Crippen LogP) is 3.10. The second-order valence-electron chi connectivity index (χ2n) is 5.07. The van der Waals surface area contributed by atoms with Crippen LogP contribution in [0.1, 0.15) is 11.6 Å². The summed E-state index contributed by atoms with van der Waals surface area (Å²) in [5.41, 5.74) is 2.05. The molecule has 0 aliphatic rings. The molecule has 2 aromatic rings. The first-order chi connectivity index (χ1) is 10.1. The summed E-state index contributed by atoms with van der Waals surface area (Å²) >= 11 is 6.11. The predicted molar refractivity (Wildman–Crippen MR) is 89.0 cm³/mol. The highest BCUT2D eigenvalue weighted by Gasteiger charge is 2.25. The summed E-state index contributed by atoms with van der Waals surface area (Å²) in [4.78, 5) is 2.08. The fourth-order valence-corrected chi connectivity index (χ4v) is 2.74. The van der Waals surface area contributed by atoms with E-state index in [0.29, 0.717) is 11.6 Å². The van der Waals surface area contributed by atoms with E-state index < -0.39 is 6.10 Å². The minimum absolute atomic E-state index is 0.168. The van der Waals surface area contributed by atoms with Gasteiger partial charge in [0.1, 0.15) is 0 Å². The lowest BCUT2D eigenvalue weighted by Crippen LogP contribution is -2.39. The van der Waals surface area contributed by atoms with Crippen LogP contribution in [-0.2, 0) is 0 Å². The van der Waals surface area contributed by atoms with Gasteiger partial charge in [-0.15, -0.1) is 0 Å². The Kier molecular flexibility index (Phi) is 5.62. The Morgan fingerprint density at radius 1 is 1.14 bits per heavy atom. The number of rotatable bonds is 6. The third-order valence-corrected chi connectivity index (χ3v) is 3.78. The van der Waals surface area contributed by atoms with Crippen molar-refractivity contribution in [2.24, 2.45) is 0 Å². The molecule has 0 amide bonds. The average Bonchev–Trinajstić information content (AvgIpc) is 2.48. The third-order valence-electron chi connectivity index (χ3n) is 3.55. The molecule has 3 nitrogen and oxygen atoms in total. The molecule has 2 rings (SSSR count). The summed E-state index contributed by atoms with van der Waals surface area (Å²) in [5, 5.41) is 14.2. The number of nitrogens with one attached hydrogen (secondary N) is 1. The van der Waals surface area contributed by atoms with E-state index in [1.54, 1.807) is 0 Å². The van der Waals surface area contributed by atoms with Crippen molar-refractivity contribution in [2.45, 2.75) is 12.1 Å². The molecule has 2 aromatic carbocycles. The first-order valence-electron chi connectivity index (χ1n) is 6.99. The monoisotopic (exact) mass is 304 g/mol. The van der Waals surface area contributed by atoms with Crippen LogP contribution in [0.15, 0.2) is 54.6 Å². The SMILES string of the molecule is CNCC(O)C(c1cccc(Cl)c1)N(C)c1ccccc1. The van der Waals surface area contributed by atoms with Gasteiger partial charge in [0.05, 0.1) is 12.1 Å². The standard InChI is InChI=1S/C17H21ClN2O/c1-19-12-16(21)17(13-7-6-8-14(18)11-13)20(2)15-9-4-3-5-10-15/h3-11,16-17,19,21H,12H2,1-2H3. The molecule has 0 fully saturated rings. The largest absolute Gasteiger partial charge is 0.389 e. The lowest BCUT2D eigenvalue weighted by Gasteiger charge is -2.34. The number of likely N-dealkylation sites (N-methyl/N-ethyl adjacent to an activating group) is 2. The van der Waals surface area contributed by atoms with Crippen molar-refractivity contribution in [3.8, 4) is 0 Å². The van der Waals surface area contributed by atoms with Gasteiger partial charge in [0.15, 0.2) is 0 Å². The van der Waals surface area contributed by atoms with Gasteiger partial charge < -0.3 is 15.3 Å². The zero-order chi connectivity index (χ0) is 15.2. The molecule has 2 atom stereocenters. The van der Waals surface area contributed by atoms with Gasteiger partial charge in [-0.2, -0.15) is 0 Å². The average molecular weight is 305 g/mol. The number of aliphatic hydroxyl groups is 1. The molecule has 4 heteroatoms. The smallest absolute Gasteiger partial charge is 0.0909 e. The summed E-state index contributed by atoms with van der Waals surface area (Å²) in [5.74, 6) is 0. The molecule has 2 N–H and O–H groups in total. The van der Waals surface area contributed by atoms with Crippen LogP contribution in [0, 0.1) is 0 Å². The molecule has 0 bridgehead atoms. The highest BCUT2D eigenvalue weighted by atomic mass is 35.5. The van der Waals surface area contributed by atoms with Gasteiger partial charge >= 0.3 is 0 Å². The second-order valence-corrected chi connectivity index (χ2v) is 5.51. The second kappa shape index (κ2) is 7.46. The van der Waals surface area contributed by atoms with Crippen molar-refractivity contribution >= 4 is 17.3 Å². The van der Waals surface area contributed by atoms with E-state index in [1.165, 1.54) is 0 Å². The van der Waals surface area contributed by atoms with E-state index >= 15 is 0 Å². The van der Waals surface area contributed by atoms with Gasteiger partial charge in [-0.3, -0.25) is 0 Å². The molecular weight excluding hydrogens is 284 g/mol. The van der Waals surface area contributed by atoms with Crippen molar-refractivity contribution in [3.63, 3.8) is 0 Å². The number of hydrogen-bond acceptors (Lipinski definition) is 3. The van der Waals surface area contributed by atoms with Crippen molar-refractivity contribution in [1.82, 2.24) is 5.32 Å². The fraction of sp³-hybridized carbons (Fsp3) is 0.294. The van der Waals surface area contributed by atoms with Gasteiger partial charge in [-0.25, -0.2) is 0 Å². The zero-order valence-corrected chi connectivity index (χ0v) is 13.1. The molecule has 0 saturated carbocycles. The van der Waals surface area contributed by atoms with Gasteiger partial charge in [-0.05, 0) is 36.9 Å². The molecule has 0 aliphatic carbocycles. The summed E-state index contributed by atoms with van der Waals surface area (Å²) < 4.78 is 0. The first kappa shape index (κ1) is 15.8. The van der Waals surface area contributed by atoms with E-state index in [9.17, 15) is 5.11 Å². The Morgan fingerprint density at radius 3 is 2.48 bits per heavy atom. The lowest BCUT2D eigenvalue weighted by molar-refractivity contribution is 0.142. The van der Waals surface area contributed by atoms with Crippen LogP contribution in [0.5, 0.6) is 0 Å². The Morgan fingerprint density at radius 2 is 1.86 bits per heavy atom. The molecular formula is C17H21ClN2O. The zero-order valence-electron chi connectivity index (χ0n) is 12.3. The van der Waals surface area contributed by atoms with Crippen LogP contribution >= 0.6 is 11.6 Å². The van der Waals surface area contributed by atoms with Crippen LogP contribution in [0.4, 0.5) is 5.69 Å². The van der Waals surface area contributed by atoms with Crippen molar-refractivity contribution < 1.29 is 5.11 Å². The molecule has 0 spiro atoms. The Balaban J connectivity index is 2.36. The van der Waals surface area contributed by atoms with Gasteiger partial charge in [0, 0.05) is 24.3 Å². The molecule has 0 heterocycles. The van der Waals surface area contributed by atoms with Crippen molar-refractivity contribution in [1.29, 1.82) is 0 Å². The summed E-state index contributed by atoms with van der Waals surface area (Å²) in [6, 6.07) is 17.5. The Hall–Kier alpha value is -1.55. The quantitative estimate of drug-likeness (QED) is 0.861. The topological polar surface area (TPSA) is 35.5 Å². The Bertz CT molecular complexity index is 562. The normalized spacial score (nSPS) is 13.7. The molecule has 0 radical (unpaired) electrons. The molecule has 0 aliphatic heterocycles. The van der Waals surface area contributed by atoms with Crippen LogP contribution in [-0.4, -0.2) is 31.9 Å². The Labute approximate surface area is 131 Å². The molecule has 21 heavy (non-hydrogen) atoms. The molecule has 0 saturated heterocycles. The van der Waals surface area contributed by atoms with E-state index in [-0.39, 0.29) is 6.04 Å². The van der Waals surface area contributed by atoms with Crippen LogP contribution in [0.3, 0.4) is 0 Å². The maximum atomic E-state index is 10.5. The van der Waals surface area contributed by atoms with Gasteiger partial charge in [0.25, 0.3) is 0 Å². The van der Waals surface area contributed by atoms with Gasteiger partial charge in [0.2, 0.25) is 0 Å². The summed E-state index contributed by atoms with van der Waals surface area (Å²) in [7, 11) is 3.82. The minimum Gasteiger partial charge on any atom is -0.389 e. The molecule has 2 unspecified atom stereocenters. The van der Waals surface area contributed by atoms with Crippen molar-refractivity contribution in [2.75, 3.05) is 25.5 Å². The number of halogens is 1. The van der Waals surface area contributed by atoms with Crippen molar-refractivity contribution in [3.05, 3.63) is 65.2 Å². The number of para-hydroxylation sites is 1. The summed E-state index contributed by atoms with van der Waals surface area (Å²) in [6.07, 6.45) is -0.543. The third kappa shape index (κ3) is 3.97. The number of nitrogens with zero attached hydrogens (tertiary/aromatic N) is 1. The maximum absolute atomic E-state index is 10.5. The number of aliphatic hydroxyl groups excluding tert-OH is 1. The number of benzene rings is 2. The van der Waals surface area contributed by atoms with Crippen LogP contribution in [0.25, 0.3) is 0 Å². The molecule has 112 valence electrons. The minimum atomic E-state index is -0.543. The van der Waals surface area contributed by atoms with E-state index in [0.717, 1.165) is 11.3 Å². The fourth-order valence-electron chi connectivity index (χ4n) is 2.54. The van der Waals surface area contributed by atoms with Gasteiger partial charge in [-0.1, -0.05) is 41.9 Å². The summed E-state index contributed by atoms with van der Waals surface area (Å²) in [6.45, 7) is 0.508. The lowest BCUT2D eigenvalue weighted by atomic mass is 9.99. The number of hydrogen-bond donors (Lipinski definition) is 2. The number of anilines is 1. The highest BCUT2D eigenvalue weighted by molar-refractivity contribution is 6.30. The maximum Gasteiger partial charge on any atom is 0.0909 e. The van der Waals surface area contributed by atoms with E-state index in [2.05, 4.69) is 10.2 Å². The van der Waals surface area contributed by atoms with E-state index in [1.807, 2.05) is 68.7 Å². The van der Waals surface area contributed by atoms with Crippen LogP contribution in [0.2, 0.25) is 5.02 Å². The van der Waals surface area contributed by atoms with Crippen LogP contribution < -0.4 is 10.2 Å². The van der Waals surface area contributed by atoms with E-state index in [4.69, 9.17) is 11.6 Å². The highest BCUT2D eigenvalue weighted by Crippen LogP contribution is 2.29.